The molecule has 0 heterocycles. The molecule has 0 unspecified atom stereocenters. The summed E-state index contributed by atoms with van der Waals surface area (Å²) in [6.45, 7) is 0. The van der Waals surface area contributed by atoms with E-state index in [9.17, 15) is 4.79 Å². The molecule has 0 saturated heterocycles. The van der Waals surface area contributed by atoms with E-state index in [-0.39, 0.29) is 6.03 Å². The Morgan fingerprint density at radius 2 is 1.29 bits per heavy atom. The number of rotatable bonds is 2. The van der Waals surface area contributed by atoms with Crippen molar-refractivity contribution in [2.45, 2.75) is 0 Å². The third kappa shape index (κ3) is 4.25. The summed E-state index contributed by atoms with van der Waals surface area (Å²) >= 11 is 0. The summed E-state index contributed by atoms with van der Waals surface area (Å²) in [4.78, 5) is 12.1. The first-order chi connectivity index (χ1) is 11.8. The van der Waals surface area contributed by atoms with E-state index in [1.807, 2.05) is 84.9 Å². The maximum atomic E-state index is 12.1. The van der Waals surface area contributed by atoms with Gasteiger partial charge in [0.2, 0.25) is 0 Å². The highest BCUT2D eigenvalue weighted by Gasteiger charge is 2.05. The van der Waals surface area contributed by atoms with Crippen molar-refractivity contribution in [1.82, 2.24) is 0 Å². The van der Waals surface area contributed by atoms with Crippen LogP contribution in [0, 0.1) is 11.8 Å². The molecule has 0 radical (unpaired) electrons. The third-order valence-electron chi connectivity index (χ3n) is 3.32. The van der Waals surface area contributed by atoms with E-state index in [2.05, 4.69) is 22.5 Å². The minimum atomic E-state index is -0.296. The molecule has 0 aliphatic rings. The molecule has 0 spiro atoms. The molecule has 0 bridgehead atoms. The molecule has 3 rings (SSSR count). The minimum absolute atomic E-state index is 0.296. The number of anilines is 2. The second kappa shape index (κ2) is 7.66. The molecule has 116 valence electrons. The monoisotopic (exact) mass is 312 g/mol. The van der Waals surface area contributed by atoms with Crippen molar-refractivity contribution < 1.29 is 4.79 Å². The van der Waals surface area contributed by atoms with Crippen LogP contribution in [0.2, 0.25) is 0 Å². The van der Waals surface area contributed by atoms with Crippen LogP contribution < -0.4 is 10.6 Å². The number of carbonyl (C=O) groups is 1. The molecule has 2 N–H and O–H groups in total. The average Bonchev–Trinajstić information content (AvgIpc) is 2.63. The predicted octanol–water partition coefficient (Wildman–Crippen LogP) is 4.73. The summed E-state index contributed by atoms with van der Waals surface area (Å²) in [5.41, 5.74) is 3.11. The van der Waals surface area contributed by atoms with Gasteiger partial charge in [0.1, 0.15) is 0 Å². The van der Waals surface area contributed by atoms with E-state index in [1.165, 1.54) is 0 Å². The number of amides is 2. The number of urea groups is 1. The van der Waals surface area contributed by atoms with Crippen LogP contribution in [0.5, 0.6) is 0 Å². The van der Waals surface area contributed by atoms with Crippen molar-refractivity contribution in [3.05, 3.63) is 96.1 Å². The molecule has 24 heavy (non-hydrogen) atoms. The van der Waals surface area contributed by atoms with Gasteiger partial charge in [0, 0.05) is 16.8 Å². The highest BCUT2D eigenvalue weighted by atomic mass is 16.2. The summed E-state index contributed by atoms with van der Waals surface area (Å²) in [5, 5.41) is 5.64. The number of nitrogens with one attached hydrogen (secondary N) is 2. The smallest absolute Gasteiger partial charge is 0.308 e. The minimum Gasteiger partial charge on any atom is -0.308 e. The van der Waals surface area contributed by atoms with Crippen molar-refractivity contribution in [2.24, 2.45) is 0 Å². The summed E-state index contributed by atoms with van der Waals surface area (Å²) in [7, 11) is 0. The van der Waals surface area contributed by atoms with Gasteiger partial charge in [-0.2, -0.15) is 0 Å². The molecule has 2 amide bonds. The number of hydrogen-bond donors (Lipinski definition) is 2. The Morgan fingerprint density at radius 1 is 0.667 bits per heavy atom. The third-order valence-corrected chi connectivity index (χ3v) is 3.32. The van der Waals surface area contributed by atoms with Gasteiger partial charge < -0.3 is 10.6 Å². The van der Waals surface area contributed by atoms with Crippen LogP contribution in [0.1, 0.15) is 11.1 Å². The topological polar surface area (TPSA) is 41.1 Å². The first-order valence-electron chi connectivity index (χ1n) is 7.60. The molecule has 3 aromatic rings. The summed E-state index contributed by atoms with van der Waals surface area (Å²) < 4.78 is 0. The fourth-order valence-corrected chi connectivity index (χ4v) is 2.17. The molecular formula is C21H16N2O. The Morgan fingerprint density at radius 3 is 2.04 bits per heavy atom. The normalized spacial score (nSPS) is 9.50. The molecule has 0 aliphatic carbocycles. The molecule has 0 saturated carbocycles. The van der Waals surface area contributed by atoms with E-state index in [1.54, 1.807) is 0 Å². The number of carbonyl (C=O) groups excluding carboxylic acids is 1. The van der Waals surface area contributed by atoms with Gasteiger partial charge in [-0.3, -0.25) is 0 Å². The van der Waals surface area contributed by atoms with E-state index < -0.39 is 0 Å². The Labute approximate surface area is 141 Å². The van der Waals surface area contributed by atoms with Crippen molar-refractivity contribution in [3.63, 3.8) is 0 Å². The molecule has 0 fully saturated rings. The lowest BCUT2D eigenvalue weighted by Gasteiger charge is -2.09. The molecule has 0 atom stereocenters. The van der Waals surface area contributed by atoms with Crippen LogP contribution in [-0.2, 0) is 0 Å². The van der Waals surface area contributed by atoms with Crippen molar-refractivity contribution >= 4 is 17.4 Å². The Bertz CT molecular complexity index is 878. The summed E-state index contributed by atoms with van der Waals surface area (Å²) in [5.74, 6) is 6.21. The van der Waals surface area contributed by atoms with Crippen LogP contribution in [0.25, 0.3) is 0 Å². The summed E-state index contributed by atoms with van der Waals surface area (Å²) in [6.07, 6.45) is 0. The molecule has 3 nitrogen and oxygen atoms in total. The van der Waals surface area contributed by atoms with Gasteiger partial charge in [0.25, 0.3) is 0 Å². The number of hydrogen-bond acceptors (Lipinski definition) is 1. The van der Waals surface area contributed by atoms with Crippen molar-refractivity contribution in [2.75, 3.05) is 10.6 Å². The van der Waals surface area contributed by atoms with E-state index >= 15 is 0 Å². The second-order valence-corrected chi connectivity index (χ2v) is 5.11. The van der Waals surface area contributed by atoms with Crippen LogP contribution in [0.3, 0.4) is 0 Å². The van der Waals surface area contributed by atoms with Crippen LogP contribution in [0.15, 0.2) is 84.9 Å². The number of para-hydroxylation sites is 2. The maximum absolute atomic E-state index is 12.1. The lowest BCUT2D eigenvalue weighted by Crippen LogP contribution is -2.19. The SMILES string of the molecule is O=C(Nc1ccccc1)Nc1ccccc1C#Cc1ccccc1. The van der Waals surface area contributed by atoms with E-state index in [0.717, 1.165) is 16.8 Å². The largest absolute Gasteiger partial charge is 0.323 e. The first-order valence-corrected chi connectivity index (χ1v) is 7.60. The van der Waals surface area contributed by atoms with Gasteiger partial charge in [0.15, 0.2) is 0 Å². The lowest BCUT2D eigenvalue weighted by molar-refractivity contribution is 0.262. The Hall–Kier alpha value is -3.51. The van der Waals surface area contributed by atoms with Gasteiger partial charge in [-0.05, 0) is 36.4 Å². The van der Waals surface area contributed by atoms with Crippen LogP contribution in [-0.4, -0.2) is 6.03 Å². The van der Waals surface area contributed by atoms with Crippen LogP contribution >= 0.6 is 0 Å². The quantitative estimate of drug-likeness (QED) is 0.660. The standard InChI is InChI=1S/C21H16N2O/c24-21(22-19-12-5-2-6-13-19)23-20-14-8-7-11-18(20)16-15-17-9-3-1-4-10-17/h1-14H,(H2,22,23,24). The zero-order chi connectivity index (χ0) is 16.6. The van der Waals surface area contributed by atoms with E-state index in [4.69, 9.17) is 0 Å². The highest BCUT2D eigenvalue weighted by Crippen LogP contribution is 2.15. The van der Waals surface area contributed by atoms with Gasteiger partial charge >= 0.3 is 6.03 Å². The first kappa shape index (κ1) is 15.4. The van der Waals surface area contributed by atoms with Crippen molar-refractivity contribution in [3.8, 4) is 11.8 Å². The lowest BCUT2D eigenvalue weighted by atomic mass is 10.1. The molecule has 3 aromatic carbocycles. The number of benzene rings is 3. The molecule has 3 heteroatoms. The zero-order valence-corrected chi connectivity index (χ0v) is 13.0. The fraction of sp³-hybridized carbons (Fsp3) is 0. The molecule has 0 aromatic heterocycles. The highest BCUT2D eigenvalue weighted by molar-refractivity contribution is 6.00. The van der Waals surface area contributed by atoms with Gasteiger partial charge in [-0.15, -0.1) is 0 Å². The fourth-order valence-electron chi connectivity index (χ4n) is 2.17. The maximum Gasteiger partial charge on any atom is 0.323 e. The average molecular weight is 312 g/mol. The molecule has 0 aliphatic heterocycles. The van der Waals surface area contributed by atoms with Gasteiger partial charge in [0.05, 0.1) is 5.69 Å². The molecular weight excluding hydrogens is 296 g/mol. The van der Waals surface area contributed by atoms with Crippen LogP contribution in [0.4, 0.5) is 16.2 Å². The Balaban J connectivity index is 1.75. The second-order valence-electron chi connectivity index (χ2n) is 5.11. The van der Waals surface area contributed by atoms with Gasteiger partial charge in [-0.25, -0.2) is 4.79 Å². The Kier molecular flexibility index (Phi) is 4.91. The van der Waals surface area contributed by atoms with Crippen molar-refractivity contribution in [1.29, 1.82) is 0 Å². The summed E-state index contributed by atoms with van der Waals surface area (Å²) in [6, 6.07) is 26.2. The van der Waals surface area contributed by atoms with Gasteiger partial charge in [-0.1, -0.05) is 60.4 Å². The van der Waals surface area contributed by atoms with E-state index in [0.29, 0.717) is 5.69 Å². The zero-order valence-electron chi connectivity index (χ0n) is 13.0. The predicted molar refractivity (Wildman–Crippen MR) is 97.9 cm³/mol.